The standard InChI is InChI=1S/C18H19N3/c1-2-17(13-6-4-3-5-7-13)21-18-9-8-16(19)15-12-20-11-10-14(15)18/h3-12,17,21H,2,19H2,1H3. The van der Waals surface area contributed by atoms with Gasteiger partial charge in [0.15, 0.2) is 0 Å². The Hall–Kier alpha value is -2.55. The maximum atomic E-state index is 6.03. The van der Waals surface area contributed by atoms with Crippen molar-refractivity contribution in [3.8, 4) is 0 Å². The van der Waals surface area contributed by atoms with Gasteiger partial charge in [-0.2, -0.15) is 0 Å². The third kappa shape index (κ3) is 2.68. The number of anilines is 2. The minimum Gasteiger partial charge on any atom is -0.398 e. The van der Waals surface area contributed by atoms with E-state index in [2.05, 4.69) is 41.5 Å². The molecule has 21 heavy (non-hydrogen) atoms. The Labute approximate surface area is 124 Å². The predicted molar refractivity (Wildman–Crippen MR) is 89.3 cm³/mol. The molecule has 2 aromatic carbocycles. The molecule has 1 aromatic heterocycles. The number of benzene rings is 2. The van der Waals surface area contributed by atoms with E-state index < -0.39 is 0 Å². The van der Waals surface area contributed by atoms with E-state index in [1.165, 1.54) is 5.56 Å². The van der Waals surface area contributed by atoms with Crippen LogP contribution in [0.3, 0.4) is 0 Å². The third-order valence-electron chi connectivity index (χ3n) is 3.79. The number of hydrogen-bond acceptors (Lipinski definition) is 3. The number of pyridine rings is 1. The van der Waals surface area contributed by atoms with E-state index in [0.29, 0.717) is 0 Å². The number of hydrogen-bond donors (Lipinski definition) is 2. The highest BCUT2D eigenvalue weighted by Crippen LogP contribution is 2.31. The Morgan fingerprint density at radius 1 is 1.05 bits per heavy atom. The molecule has 0 saturated heterocycles. The van der Waals surface area contributed by atoms with Crippen LogP contribution in [0.2, 0.25) is 0 Å². The monoisotopic (exact) mass is 277 g/mol. The van der Waals surface area contributed by atoms with Gasteiger partial charge < -0.3 is 11.1 Å². The first-order valence-electron chi connectivity index (χ1n) is 7.23. The lowest BCUT2D eigenvalue weighted by atomic mass is 10.0. The van der Waals surface area contributed by atoms with E-state index >= 15 is 0 Å². The molecular weight excluding hydrogens is 258 g/mol. The lowest BCUT2D eigenvalue weighted by Crippen LogP contribution is -2.10. The molecule has 3 aromatic rings. The molecule has 0 radical (unpaired) electrons. The van der Waals surface area contributed by atoms with E-state index in [0.717, 1.165) is 28.6 Å². The summed E-state index contributed by atoms with van der Waals surface area (Å²) in [7, 11) is 0. The quantitative estimate of drug-likeness (QED) is 0.696. The van der Waals surface area contributed by atoms with Crippen molar-refractivity contribution in [2.45, 2.75) is 19.4 Å². The van der Waals surface area contributed by atoms with Crippen LogP contribution in [-0.2, 0) is 0 Å². The fourth-order valence-corrected chi connectivity index (χ4v) is 2.63. The molecule has 0 aliphatic carbocycles. The average Bonchev–Trinajstić information content (AvgIpc) is 2.55. The lowest BCUT2D eigenvalue weighted by Gasteiger charge is -2.20. The van der Waals surface area contributed by atoms with Gasteiger partial charge in [-0.05, 0) is 30.2 Å². The highest BCUT2D eigenvalue weighted by molar-refractivity contribution is 6.00. The van der Waals surface area contributed by atoms with Crippen LogP contribution < -0.4 is 11.1 Å². The molecule has 1 heterocycles. The fourth-order valence-electron chi connectivity index (χ4n) is 2.63. The Morgan fingerprint density at radius 3 is 2.62 bits per heavy atom. The molecule has 0 bridgehead atoms. The van der Waals surface area contributed by atoms with Crippen molar-refractivity contribution in [1.82, 2.24) is 4.98 Å². The Morgan fingerprint density at radius 2 is 1.86 bits per heavy atom. The van der Waals surface area contributed by atoms with Crippen LogP contribution in [0.5, 0.6) is 0 Å². The largest absolute Gasteiger partial charge is 0.398 e. The molecule has 3 nitrogen and oxygen atoms in total. The first kappa shape index (κ1) is 13.4. The molecule has 1 atom stereocenters. The molecule has 3 rings (SSSR count). The average molecular weight is 277 g/mol. The summed E-state index contributed by atoms with van der Waals surface area (Å²) in [6, 6.07) is 16.8. The Kier molecular flexibility index (Phi) is 3.73. The van der Waals surface area contributed by atoms with Gasteiger partial charge in [0.1, 0.15) is 0 Å². The highest BCUT2D eigenvalue weighted by Gasteiger charge is 2.11. The zero-order chi connectivity index (χ0) is 14.7. The number of aromatic nitrogens is 1. The number of nitrogens with zero attached hydrogens (tertiary/aromatic N) is 1. The Balaban J connectivity index is 1.99. The second-order valence-electron chi connectivity index (χ2n) is 5.14. The fraction of sp³-hybridized carbons (Fsp3) is 0.167. The summed E-state index contributed by atoms with van der Waals surface area (Å²) in [6.07, 6.45) is 4.64. The van der Waals surface area contributed by atoms with Crippen LogP contribution in [0, 0.1) is 0 Å². The SMILES string of the molecule is CCC(Nc1ccc(N)c2cnccc12)c1ccccc1. The van der Waals surface area contributed by atoms with E-state index in [4.69, 9.17) is 5.73 Å². The van der Waals surface area contributed by atoms with Crippen LogP contribution in [-0.4, -0.2) is 4.98 Å². The molecule has 0 saturated carbocycles. The molecule has 1 unspecified atom stereocenters. The number of nitrogen functional groups attached to an aromatic ring is 1. The van der Waals surface area contributed by atoms with E-state index in [1.54, 1.807) is 6.20 Å². The number of fused-ring (bicyclic) bond motifs is 1. The van der Waals surface area contributed by atoms with Gasteiger partial charge in [-0.15, -0.1) is 0 Å². The van der Waals surface area contributed by atoms with Crippen molar-refractivity contribution >= 4 is 22.1 Å². The van der Waals surface area contributed by atoms with Crippen LogP contribution in [0.4, 0.5) is 11.4 Å². The van der Waals surface area contributed by atoms with Crippen molar-refractivity contribution in [1.29, 1.82) is 0 Å². The first-order valence-corrected chi connectivity index (χ1v) is 7.23. The van der Waals surface area contributed by atoms with Crippen LogP contribution >= 0.6 is 0 Å². The van der Waals surface area contributed by atoms with Crippen LogP contribution in [0.25, 0.3) is 10.8 Å². The normalized spacial score (nSPS) is 12.2. The maximum absolute atomic E-state index is 6.03. The van der Waals surface area contributed by atoms with Gasteiger partial charge in [-0.1, -0.05) is 37.3 Å². The molecule has 0 aliphatic rings. The second-order valence-corrected chi connectivity index (χ2v) is 5.14. The van der Waals surface area contributed by atoms with E-state index in [1.807, 2.05) is 30.5 Å². The predicted octanol–water partition coefficient (Wildman–Crippen LogP) is 4.38. The van der Waals surface area contributed by atoms with Crippen molar-refractivity contribution < 1.29 is 0 Å². The highest BCUT2D eigenvalue weighted by atomic mass is 14.9. The molecule has 0 fully saturated rings. The van der Waals surface area contributed by atoms with Crippen molar-refractivity contribution in [2.24, 2.45) is 0 Å². The summed E-state index contributed by atoms with van der Waals surface area (Å²) in [5.41, 5.74) is 9.18. The smallest absolute Gasteiger partial charge is 0.0511 e. The van der Waals surface area contributed by atoms with Gasteiger partial charge in [-0.25, -0.2) is 0 Å². The number of rotatable bonds is 4. The summed E-state index contributed by atoms with van der Waals surface area (Å²) in [5, 5.41) is 5.73. The van der Waals surface area contributed by atoms with Gasteiger partial charge in [-0.3, -0.25) is 4.98 Å². The number of nitrogens with two attached hydrogens (primary N) is 1. The lowest BCUT2D eigenvalue weighted by molar-refractivity contribution is 0.750. The minimum absolute atomic E-state index is 0.284. The summed E-state index contributed by atoms with van der Waals surface area (Å²) in [6.45, 7) is 2.19. The molecule has 0 amide bonds. The van der Waals surface area contributed by atoms with E-state index in [-0.39, 0.29) is 6.04 Å². The van der Waals surface area contributed by atoms with Gasteiger partial charge in [0.2, 0.25) is 0 Å². The summed E-state index contributed by atoms with van der Waals surface area (Å²) in [4.78, 5) is 4.16. The topological polar surface area (TPSA) is 50.9 Å². The van der Waals surface area contributed by atoms with Gasteiger partial charge >= 0.3 is 0 Å². The summed E-state index contributed by atoms with van der Waals surface area (Å²) in [5.74, 6) is 0. The van der Waals surface area contributed by atoms with Gasteiger partial charge in [0.25, 0.3) is 0 Å². The Bertz CT molecular complexity index is 738. The maximum Gasteiger partial charge on any atom is 0.0511 e. The van der Waals surface area contributed by atoms with Crippen molar-refractivity contribution in [3.63, 3.8) is 0 Å². The first-order chi connectivity index (χ1) is 10.3. The molecular formula is C18H19N3. The minimum atomic E-state index is 0.284. The van der Waals surface area contributed by atoms with Crippen LogP contribution in [0.1, 0.15) is 24.9 Å². The number of nitrogens with one attached hydrogen (secondary N) is 1. The van der Waals surface area contributed by atoms with Crippen molar-refractivity contribution in [2.75, 3.05) is 11.1 Å². The zero-order valence-corrected chi connectivity index (χ0v) is 12.1. The summed E-state index contributed by atoms with van der Waals surface area (Å²) < 4.78 is 0. The molecule has 0 aliphatic heterocycles. The van der Waals surface area contributed by atoms with Crippen molar-refractivity contribution in [3.05, 3.63) is 66.5 Å². The summed E-state index contributed by atoms with van der Waals surface area (Å²) >= 11 is 0. The van der Waals surface area contributed by atoms with Gasteiger partial charge in [0, 0.05) is 34.5 Å². The second kappa shape index (κ2) is 5.83. The molecule has 3 heteroatoms. The molecule has 106 valence electrons. The third-order valence-corrected chi connectivity index (χ3v) is 3.79. The van der Waals surface area contributed by atoms with Gasteiger partial charge in [0.05, 0.1) is 6.04 Å². The van der Waals surface area contributed by atoms with E-state index in [9.17, 15) is 0 Å². The molecule has 3 N–H and O–H groups in total. The van der Waals surface area contributed by atoms with Crippen LogP contribution in [0.15, 0.2) is 60.9 Å². The zero-order valence-electron chi connectivity index (χ0n) is 12.1. The molecule has 0 spiro atoms.